The van der Waals surface area contributed by atoms with Crippen LogP contribution in [-0.2, 0) is 0 Å². The minimum Gasteiger partial charge on any atom is -0.306 e. The monoisotopic (exact) mass is 419 g/mol. The van der Waals surface area contributed by atoms with Gasteiger partial charge in [0, 0.05) is 10.5 Å². The maximum atomic E-state index is 4.19. The molecule has 1 unspecified atom stereocenters. The lowest BCUT2D eigenvalue weighted by molar-refractivity contribution is 0.270. The van der Waals surface area contributed by atoms with Crippen molar-refractivity contribution in [3.8, 4) is 0 Å². The van der Waals surface area contributed by atoms with Gasteiger partial charge in [-0.05, 0) is 66.0 Å². The fourth-order valence-electron chi connectivity index (χ4n) is 2.81. The normalized spacial score (nSPS) is 14.1. The van der Waals surface area contributed by atoms with Crippen LogP contribution >= 0.6 is 22.6 Å². The van der Waals surface area contributed by atoms with E-state index in [-0.39, 0.29) is 0 Å². The number of rotatable bonds is 13. The fourth-order valence-corrected chi connectivity index (χ4v) is 3.35. The largest absolute Gasteiger partial charge is 0.306 e. The third kappa shape index (κ3) is 10.0. The number of alkyl halides is 1. The Balaban J connectivity index is 4.41. The zero-order valence-corrected chi connectivity index (χ0v) is 17.8. The van der Waals surface area contributed by atoms with Crippen LogP contribution in [0.15, 0.2) is 23.3 Å². The van der Waals surface area contributed by atoms with Crippen LogP contribution in [0.4, 0.5) is 0 Å². The van der Waals surface area contributed by atoms with Gasteiger partial charge in [-0.1, -0.05) is 72.6 Å². The number of hydrogen-bond acceptors (Lipinski definition) is 1. The highest BCUT2D eigenvalue weighted by Gasteiger charge is 2.13. The molecule has 0 aliphatic carbocycles. The Bertz CT molecular complexity index is 331. The minimum absolute atomic E-state index is 0.657. The Labute approximate surface area is 153 Å². The second-order valence-corrected chi connectivity index (χ2v) is 7.55. The molecule has 0 amide bonds. The van der Waals surface area contributed by atoms with E-state index in [0.29, 0.717) is 6.04 Å². The second-order valence-electron chi connectivity index (χ2n) is 6.79. The van der Waals surface area contributed by atoms with Crippen molar-refractivity contribution in [2.75, 3.05) is 18.5 Å². The molecule has 0 saturated carbocycles. The van der Waals surface area contributed by atoms with Gasteiger partial charge in [-0.25, -0.2) is 0 Å². The summed E-state index contributed by atoms with van der Waals surface area (Å²) in [5.74, 6) is 0. The van der Waals surface area contributed by atoms with E-state index in [1.807, 2.05) is 0 Å². The van der Waals surface area contributed by atoms with Crippen molar-refractivity contribution in [3.05, 3.63) is 23.3 Å². The smallest absolute Gasteiger partial charge is 0.0205 e. The lowest BCUT2D eigenvalue weighted by Crippen LogP contribution is -2.28. The first-order valence-electron chi connectivity index (χ1n) is 9.02. The van der Waals surface area contributed by atoms with Crippen LogP contribution in [0.2, 0.25) is 0 Å². The molecule has 0 bridgehead atoms. The van der Waals surface area contributed by atoms with E-state index < -0.39 is 0 Å². The van der Waals surface area contributed by atoms with Gasteiger partial charge in [0.15, 0.2) is 0 Å². The predicted molar refractivity (Wildman–Crippen MR) is 111 cm³/mol. The maximum absolute atomic E-state index is 4.19. The first-order chi connectivity index (χ1) is 10.5. The third-order valence-electron chi connectivity index (χ3n) is 4.66. The minimum atomic E-state index is 0.657. The Morgan fingerprint density at radius 3 is 2.23 bits per heavy atom. The van der Waals surface area contributed by atoms with Gasteiger partial charge in [0.05, 0.1) is 0 Å². The first-order valence-corrected chi connectivity index (χ1v) is 10.5. The molecule has 1 atom stereocenters. The lowest BCUT2D eigenvalue weighted by atomic mass is 9.94. The van der Waals surface area contributed by atoms with Gasteiger partial charge in [-0.15, -0.1) is 0 Å². The molecule has 0 aromatic rings. The molecule has 0 aromatic carbocycles. The summed E-state index contributed by atoms with van der Waals surface area (Å²) < 4.78 is 1.18. The zero-order valence-electron chi connectivity index (χ0n) is 15.7. The summed E-state index contributed by atoms with van der Waals surface area (Å²) in [4.78, 5) is 2.38. The topological polar surface area (TPSA) is 3.24 Å². The van der Waals surface area contributed by atoms with Gasteiger partial charge in [-0.3, -0.25) is 0 Å². The van der Waals surface area contributed by atoms with E-state index in [1.54, 1.807) is 11.1 Å². The molecular weight excluding hydrogens is 381 g/mol. The molecule has 0 heterocycles. The summed E-state index contributed by atoms with van der Waals surface area (Å²) in [5, 5.41) is 0. The first kappa shape index (κ1) is 22.2. The number of hydrogen-bond donors (Lipinski definition) is 0. The zero-order chi connectivity index (χ0) is 17.0. The molecule has 0 aliphatic heterocycles. The highest BCUT2D eigenvalue weighted by Crippen LogP contribution is 2.23. The van der Waals surface area contributed by atoms with Gasteiger partial charge in [-0.2, -0.15) is 0 Å². The average Bonchev–Trinajstić information content (AvgIpc) is 2.51. The number of unbranched alkanes of at least 4 members (excludes halogenated alkanes) is 2. The van der Waals surface area contributed by atoms with Crippen molar-refractivity contribution in [1.29, 1.82) is 0 Å². The Morgan fingerprint density at radius 1 is 1.09 bits per heavy atom. The number of halogens is 1. The lowest BCUT2D eigenvalue weighted by Gasteiger charge is -2.25. The molecule has 130 valence electrons. The average molecular weight is 419 g/mol. The van der Waals surface area contributed by atoms with E-state index in [2.05, 4.69) is 68.9 Å². The van der Waals surface area contributed by atoms with E-state index in [0.717, 1.165) is 12.8 Å². The quantitative estimate of drug-likeness (QED) is 0.138. The van der Waals surface area contributed by atoms with Crippen LogP contribution in [0.25, 0.3) is 0 Å². The number of nitrogens with zero attached hydrogens (tertiary/aromatic N) is 1. The van der Waals surface area contributed by atoms with E-state index in [1.165, 1.54) is 54.9 Å². The van der Waals surface area contributed by atoms with Crippen LogP contribution in [0.1, 0.15) is 78.6 Å². The van der Waals surface area contributed by atoms with Crippen LogP contribution in [0.3, 0.4) is 0 Å². The molecular formula is C20H38IN. The highest BCUT2D eigenvalue weighted by atomic mass is 127. The molecule has 0 aliphatic rings. The predicted octanol–water partition coefficient (Wildman–Crippen LogP) is 6.78. The summed E-state index contributed by atoms with van der Waals surface area (Å²) in [7, 11) is 4.42. The van der Waals surface area contributed by atoms with E-state index in [4.69, 9.17) is 0 Å². The van der Waals surface area contributed by atoms with Crippen molar-refractivity contribution >= 4 is 22.6 Å². The van der Waals surface area contributed by atoms with Crippen molar-refractivity contribution in [2.24, 2.45) is 0 Å². The van der Waals surface area contributed by atoms with Gasteiger partial charge in [0.2, 0.25) is 0 Å². The third-order valence-corrected chi connectivity index (χ3v) is 5.80. The molecule has 22 heavy (non-hydrogen) atoms. The van der Waals surface area contributed by atoms with Crippen molar-refractivity contribution in [2.45, 2.75) is 84.6 Å². The SMILES string of the molecule is C=C(CC)CC(CCC/C(CCCCC)=C(/C)CI)N(C)C. The van der Waals surface area contributed by atoms with Gasteiger partial charge in [0.25, 0.3) is 0 Å². The second kappa shape index (κ2) is 13.6. The Morgan fingerprint density at radius 2 is 1.73 bits per heavy atom. The molecule has 2 heteroatoms. The standard InChI is InChI=1S/C20H38IN/c1-7-9-10-12-19(18(4)16-21)13-11-14-20(22(5)6)15-17(3)8-2/h20H,3,7-16H2,1-2,4-6H3/b19-18-. The maximum Gasteiger partial charge on any atom is 0.0205 e. The van der Waals surface area contributed by atoms with Gasteiger partial charge < -0.3 is 4.90 Å². The summed E-state index contributed by atoms with van der Waals surface area (Å²) in [6.45, 7) is 11.0. The van der Waals surface area contributed by atoms with Crippen molar-refractivity contribution in [3.63, 3.8) is 0 Å². The molecule has 0 radical (unpaired) electrons. The van der Waals surface area contributed by atoms with Crippen LogP contribution in [0.5, 0.6) is 0 Å². The summed E-state index contributed by atoms with van der Waals surface area (Å²) in [5.41, 5.74) is 4.74. The fraction of sp³-hybridized carbons (Fsp3) is 0.800. The summed E-state index contributed by atoms with van der Waals surface area (Å²) in [6, 6.07) is 0.657. The van der Waals surface area contributed by atoms with E-state index >= 15 is 0 Å². The van der Waals surface area contributed by atoms with Gasteiger partial charge >= 0.3 is 0 Å². The Kier molecular flexibility index (Phi) is 13.7. The Hall–Kier alpha value is 0.170. The van der Waals surface area contributed by atoms with Gasteiger partial charge in [0.1, 0.15) is 0 Å². The number of allylic oxidation sites excluding steroid dienone is 2. The highest BCUT2D eigenvalue weighted by molar-refractivity contribution is 14.1. The van der Waals surface area contributed by atoms with Crippen LogP contribution in [-0.4, -0.2) is 29.5 Å². The molecule has 1 nitrogen and oxygen atoms in total. The molecule has 0 rings (SSSR count). The van der Waals surface area contributed by atoms with Crippen LogP contribution in [0, 0.1) is 0 Å². The molecule has 0 N–H and O–H groups in total. The van der Waals surface area contributed by atoms with E-state index in [9.17, 15) is 0 Å². The summed E-state index contributed by atoms with van der Waals surface area (Å²) >= 11 is 2.51. The molecule has 0 spiro atoms. The molecule has 0 fully saturated rings. The summed E-state index contributed by atoms with van der Waals surface area (Å²) in [6.07, 6.45) is 11.5. The molecule has 0 saturated heterocycles. The van der Waals surface area contributed by atoms with Crippen LogP contribution < -0.4 is 0 Å². The molecule has 0 aromatic heterocycles. The van der Waals surface area contributed by atoms with Crippen molar-refractivity contribution < 1.29 is 0 Å². The van der Waals surface area contributed by atoms with Crippen molar-refractivity contribution in [1.82, 2.24) is 4.90 Å².